The number of piperazine rings is 1. The van der Waals surface area contributed by atoms with Crippen molar-refractivity contribution in [2.24, 2.45) is 0 Å². The zero-order chi connectivity index (χ0) is 14.7. The van der Waals surface area contributed by atoms with Gasteiger partial charge >= 0.3 is 0 Å². The molecule has 0 saturated carbocycles. The molecule has 0 spiro atoms. The molecule has 110 valence electrons. The van der Waals surface area contributed by atoms with E-state index >= 15 is 0 Å². The van der Waals surface area contributed by atoms with E-state index in [0.29, 0.717) is 18.1 Å². The molecule has 0 radical (unpaired) electrons. The molecule has 3 atom stereocenters. The van der Waals surface area contributed by atoms with E-state index in [9.17, 15) is 0 Å². The Morgan fingerprint density at radius 3 is 2.57 bits per heavy atom. The van der Waals surface area contributed by atoms with Gasteiger partial charge in [-0.3, -0.25) is 9.88 Å². The minimum atomic E-state index is 0.391. The molecule has 1 saturated heterocycles. The van der Waals surface area contributed by atoms with Crippen LogP contribution in [0.5, 0.6) is 0 Å². The quantitative estimate of drug-likeness (QED) is 0.936. The normalized spacial score (nSPS) is 24.7. The topological polar surface area (TPSA) is 28.2 Å². The molecule has 2 aromatic rings. The highest BCUT2D eigenvalue weighted by Gasteiger charge is 2.30. The Balaban J connectivity index is 1.88. The molecule has 0 aliphatic carbocycles. The monoisotopic (exact) mass is 281 g/mol. The predicted molar refractivity (Wildman–Crippen MR) is 86.0 cm³/mol. The highest BCUT2D eigenvalue weighted by molar-refractivity contribution is 5.22. The third kappa shape index (κ3) is 3.14. The number of aromatic nitrogens is 1. The first kappa shape index (κ1) is 14.2. The summed E-state index contributed by atoms with van der Waals surface area (Å²) in [7, 11) is 0. The molecule has 3 unspecified atom stereocenters. The van der Waals surface area contributed by atoms with E-state index in [2.05, 4.69) is 71.5 Å². The minimum absolute atomic E-state index is 0.391. The van der Waals surface area contributed by atoms with Crippen LogP contribution in [0.2, 0.25) is 0 Å². The van der Waals surface area contributed by atoms with E-state index in [1.165, 1.54) is 11.1 Å². The lowest BCUT2D eigenvalue weighted by Gasteiger charge is -2.43. The predicted octanol–water partition coefficient (Wildman–Crippen LogP) is 3.18. The maximum Gasteiger partial charge on any atom is 0.0479 e. The SMILES string of the molecule is CC1CN(C(C)c2ccncc2)C(c2ccccc2)CN1. The fourth-order valence-corrected chi connectivity index (χ4v) is 3.18. The van der Waals surface area contributed by atoms with Crippen molar-refractivity contribution >= 4 is 0 Å². The second kappa shape index (κ2) is 6.37. The van der Waals surface area contributed by atoms with E-state index in [1.54, 1.807) is 0 Å². The van der Waals surface area contributed by atoms with Crippen LogP contribution >= 0.6 is 0 Å². The first-order valence-corrected chi connectivity index (χ1v) is 7.69. The van der Waals surface area contributed by atoms with Gasteiger partial charge in [-0.25, -0.2) is 0 Å². The van der Waals surface area contributed by atoms with Crippen LogP contribution in [0.15, 0.2) is 54.9 Å². The molecule has 3 heteroatoms. The molecule has 0 bridgehead atoms. The van der Waals surface area contributed by atoms with Gasteiger partial charge in [0.2, 0.25) is 0 Å². The van der Waals surface area contributed by atoms with Gasteiger partial charge in [0.05, 0.1) is 0 Å². The summed E-state index contributed by atoms with van der Waals surface area (Å²) in [4.78, 5) is 6.74. The zero-order valence-electron chi connectivity index (χ0n) is 12.7. The molecule has 1 aliphatic heterocycles. The van der Waals surface area contributed by atoms with Gasteiger partial charge in [0.15, 0.2) is 0 Å². The highest BCUT2D eigenvalue weighted by atomic mass is 15.2. The van der Waals surface area contributed by atoms with Gasteiger partial charge in [-0.15, -0.1) is 0 Å². The Kier molecular flexibility index (Phi) is 4.32. The third-order valence-electron chi connectivity index (χ3n) is 4.41. The lowest BCUT2D eigenvalue weighted by atomic mass is 9.97. The number of benzene rings is 1. The number of pyridine rings is 1. The van der Waals surface area contributed by atoms with E-state index in [-0.39, 0.29) is 0 Å². The first-order valence-electron chi connectivity index (χ1n) is 7.69. The van der Waals surface area contributed by atoms with E-state index in [1.807, 2.05) is 12.4 Å². The summed E-state index contributed by atoms with van der Waals surface area (Å²) < 4.78 is 0. The number of rotatable bonds is 3. The van der Waals surface area contributed by atoms with Crippen molar-refractivity contribution < 1.29 is 0 Å². The van der Waals surface area contributed by atoms with Crippen LogP contribution in [0.3, 0.4) is 0 Å². The van der Waals surface area contributed by atoms with Crippen LogP contribution in [0, 0.1) is 0 Å². The van der Waals surface area contributed by atoms with Crippen LogP contribution < -0.4 is 5.32 Å². The van der Waals surface area contributed by atoms with Crippen molar-refractivity contribution in [2.75, 3.05) is 13.1 Å². The summed E-state index contributed by atoms with van der Waals surface area (Å²) in [5.74, 6) is 0. The molecule has 1 fully saturated rings. The van der Waals surface area contributed by atoms with Gasteiger partial charge in [-0.2, -0.15) is 0 Å². The van der Waals surface area contributed by atoms with Crippen molar-refractivity contribution in [3.63, 3.8) is 0 Å². The van der Waals surface area contributed by atoms with Crippen molar-refractivity contribution in [1.82, 2.24) is 15.2 Å². The lowest BCUT2D eigenvalue weighted by molar-refractivity contribution is 0.0928. The van der Waals surface area contributed by atoms with Crippen LogP contribution in [-0.2, 0) is 0 Å². The van der Waals surface area contributed by atoms with Gasteiger partial charge in [0.1, 0.15) is 0 Å². The fraction of sp³-hybridized carbons (Fsp3) is 0.389. The summed E-state index contributed by atoms with van der Waals surface area (Å²) in [5.41, 5.74) is 2.72. The largest absolute Gasteiger partial charge is 0.311 e. The van der Waals surface area contributed by atoms with Gasteiger partial charge in [-0.1, -0.05) is 30.3 Å². The number of hydrogen-bond donors (Lipinski definition) is 1. The Morgan fingerprint density at radius 1 is 1.14 bits per heavy atom. The summed E-state index contributed by atoms with van der Waals surface area (Å²) in [6.07, 6.45) is 3.77. The van der Waals surface area contributed by atoms with Crippen LogP contribution in [-0.4, -0.2) is 29.0 Å². The van der Waals surface area contributed by atoms with Gasteiger partial charge in [0, 0.05) is 43.6 Å². The highest BCUT2D eigenvalue weighted by Crippen LogP contribution is 2.32. The molecule has 3 nitrogen and oxygen atoms in total. The molecule has 2 heterocycles. The Bertz CT molecular complexity index is 555. The van der Waals surface area contributed by atoms with Gasteiger partial charge in [0.25, 0.3) is 0 Å². The van der Waals surface area contributed by atoms with E-state index in [0.717, 1.165) is 13.1 Å². The molecular formula is C18H23N3. The van der Waals surface area contributed by atoms with E-state index in [4.69, 9.17) is 0 Å². The Labute approximate surface area is 127 Å². The molecule has 3 rings (SSSR count). The zero-order valence-corrected chi connectivity index (χ0v) is 12.7. The maximum absolute atomic E-state index is 4.13. The number of nitrogens with zero attached hydrogens (tertiary/aromatic N) is 2. The van der Waals surface area contributed by atoms with Crippen molar-refractivity contribution in [1.29, 1.82) is 0 Å². The lowest BCUT2D eigenvalue weighted by Crippen LogP contribution is -2.51. The Morgan fingerprint density at radius 2 is 1.86 bits per heavy atom. The van der Waals surface area contributed by atoms with Crippen molar-refractivity contribution in [2.45, 2.75) is 32.0 Å². The standard InChI is InChI=1S/C18H23N3/c1-14-13-21(15(2)16-8-10-19-11-9-16)18(12-20-14)17-6-4-3-5-7-17/h3-11,14-15,18,20H,12-13H2,1-2H3. The minimum Gasteiger partial charge on any atom is -0.311 e. The van der Waals surface area contributed by atoms with Gasteiger partial charge < -0.3 is 5.32 Å². The molecule has 1 N–H and O–H groups in total. The summed E-state index contributed by atoms with van der Waals surface area (Å²) in [5, 5.41) is 3.61. The van der Waals surface area contributed by atoms with E-state index < -0.39 is 0 Å². The maximum atomic E-state index is 4.13. The second-order valence-electron chi connectivity index (χ2n) is 5.89. The molecule has 21 heavy (non-hydrogen) atoms. The molecule has 1 aromatic heterocycles. The fourth-order valence-electron chi connectivity index (χ4n) is 3.18. The molecule has 0 amide bonds. The van der Waals surface area contributed by atoms with Crippen molar-refractivity contribution in [3.8, 4) is 0 Å². The summed E-state index contributed by atoms with van der Waals surface area (Å²) >= 11 is 0. The summed E-state index contributed by atoms with van der Waals surface area (Å²) in [6.45, 7) is 6.61. The first-order chi connectivity index (χ1) is 10.3. The van der Waals surface area contributed by atoms with Crippen LogP contribution in [0.4, 0.5) is 0 Å². The van der Waals surface area contributed by atoms with Crippen LogP contribution in [0.1, 0.15) is 37.1 Å². The number of nitrogens with one attached hydrogen (secondary N) is 1. The van der Waals surface area contributed by atoms with Gasteiger partial charge in [-0.05, 0) is 37.1 Å². The average molecular weight is 281 g/mol. The van der Waals surface area contributed by atoms with Crippen molar-refractivity contribution in [3.05, 3.63) is 66.0 Å². The van der Waals surface area contributed by atoms with Crippen LogP contribution in [0.25, 0.3) is 0 Å². The molecule has 1 aromatic carbocycles. The average Bonchev–Trinajstić information content (AvgIpc) is 2.56. The Hall–Kier alpha value is -1.71. The second-order valence-corrected chi connectivity index (χ2v) is 5.89. The third-order valence-corrected chi connectivity index (χ3v) is 4.41. The smallest absolute Gasteiger partial charge is 0.0479 e. The summed E-state index contributed by atoms with van der Waals surface area (Å²) in [6, 6.07) is 16.4. The molecule has 1 aliphatic rings. The molecular weight excluding hydrogens is 258 g/mol. The number of hydrogen-bond acceptors (Lipinski definition) is 3.